The van der Waals surface area contributed by atoms with Crippen LogP contribution in [0.25, 0.3) is 0 Å². The molecule has 0 saturated carbocycles. The number of halogens is 3. The van der Waals surface area contributed by atoms with Gasteiger partial charge in [-0.2, -0.15) is 13.2 Å². The van der Waals surface area contributed by atoms with Crippen molar-refractivity contribution in [2.75, 3.05) is 5.32 Å². The van der Waals surface area contributed by atoms with Gasteiger partial charge in [0.25, 0.3) is 5.91 Å². The Bertz CT molecular complexity index is 520. The first-order valence-electron chi connectivity index (χ1n) is 4.89. The van der Waals surface area contributed by atoms with Gasteiger partial charge in [-0.1, -0.05) is 6.07 Å². The van der Waals surface area contributed by atoms with E-state index in [4.69, 9.17) is 11.5 Å². The van der Waals surface area contributed by atoms with E-state index < -0.39 is 17.6 Å². The van der Waals surface area contributed by atoms with Gasteiger partial charge in [-0.05, 0) is 18.2 Å². The fourth-order valence-corrected chi connectivity index (χ4v) is 1.10. The van der Waals surface area contributed by atoms with Crippen LogP contribution in [0.2, 0.25) is 0 Å². The van der Waals surface area contributed by atoms with Crippen LogP contribution in [0.15, 0.2) is 34.5 Å². The average molecular weight is 273 g/mol. The topological polar surface area (TPSA) is 106 Å². The summed E-state index contributed by atoms with van der Waals surface area (Å²) < 4.78 is 37.2. The molecule has 0 heterocycles. The molecule has 9 heteroatoms. The summed E-state index contributed by atoms with van der Waals surface area (Å²) in [6.45, 7) is 0. The van der Waals surface area contributed by atoms with E-state index in [9.17, 15) is 18.0 Å². The fourth-order valence-electron chi connectivity index (χ4n) is 1.10. The van der Waals surface area contributed by atoms with Crippen molar-refractivity contribution >= 4 is 23.8 Å². The minimum atomic E-state index is -4.48. The van der Waals surface area contributed by atoms with Gasteiger partial charge in [0, 0.05) is 5.69 Å². The van der Waals surface area contributed by atoms with Crippen molar-refractivity contribution in [1.29, 1.82) is 0 Å². The number of guanidine groups is 1. The summed E-state index contributed by atoms with van der Waals surface area (Å²) in [6.07, 6.45) is -3.74. The molecule has 1 aromatic carbocycles. The van der Waals surface area contributed by atoms with Gasteiger partial charge in [0.1, 0.15) is 6.21 Å². The van der Waals surface area contributed by atoms with Gasteiger partial charge in [0.15, 0.2) is 0 Å². The highest BCUT2D eigenvalue weighted by atomic mass is 19.4. The third kappa shape index (κ3) is 5.06. The van der Waals surface area contributed by atoms with Gasteiger partial charge in [-0.3, -0.25) is 4.79 Å². The molecular formula is C10H10F3N5O. The molecule has 6 nitrogen and oxygen atoms in total. The van der Waals surface area contributed by atoms with Gasteiger partial charge in [-0.25, -0.2) is 0 Å². The summed E-state index contributed by atoms with van der Waals surface area (Å²) in [4.78, 5) is 11.3. The molecule has 0 atom stereocenters. The van der Waals surface area contributed by atoms with Crippen molar-refractivity contribution in [3.63, 3.8) is 0 Å². The van der Waals surface area contributed by atoms with Crippen LogP contribution in [-0.4, -0.2) is 18.1 Å². The van der Waals surface area contributed by atoms with E-state index >= 15 is 0 Å². The molecule has 0 saturated heterocycles. The van der Waals surface area contributed by atoms with Crippen LogP contribution < -0.4 is 16.8 Å². The number of nitrogens with two attached hydrogens (primary N) is 2. The number of alkyl halides is 3. The largest absolute Gasteiger partial charge is 0.416 e. The smallest absolute Gasteiger partial charge is 0.369 e. The van der Waals surface area contributed by atoms with Gasteiger partial charge < -0.3 is 16.8 Å². The maximum Gasteiger partial charge on any atom is 0.416 e. The lowest BCUT2D eigenvalue weighted by Crippen LogP contribution is -2.22. The van der Waals surface area contributed by atoms with Crippen molar-refractivity contribution in [3.8, 4) is 0 Å². The third-order valence-electron chi connectivity index (χ3n) is 1.81. The van der Waals surface area contributed by atoms with E-state index in [0.717, 1.165) is 18.3 Å². The zero-order chi connectivity index (χ0) is 14.5. The third-order valence-corrected chi connectivity index (χ3v) is 1.81. The van der Waals surface area contributed by atoms with Crippen LogP contribution in [0.3, 0.4) is 0 Å². The minimum Gasteiger partial charge on any atom is -0.369 e. The lowest BCUT2D eigenvalue weighted by Gasteiger charge is -2.08. The number of amides is 1. The predicted octanol–water partition coefficient (Wildman–Crippen LogP) is 0.903. The Kier molecular flexibility index (Phi) is 4.46. The van der Waals surface area contributed by atoms with E-state index in [1.54, 1.807) is 0 Å². The molecule has 0 spiro atoms. The molecule has 1 rings (SSSR count). The number of anilines is 1. The quantitative estimate of drug-likeness (QED) is 0.433. The second-order valence-corrected chi connectivity index (χ2v) is 3.34. The molecule has 0 fully saturated rings. The van der Waals surface area contributed by atoms with Gasteiger partial charge >= 0.3 is 6.18 Å². The molecule has 1 aromatic rings. The first-order chi connectivity index (χ1) is 8.79. The lowest BCUT2D eigenvalue weighted by atomic mass is 10.2. The van der Waals surface area contributed by atoms with Crippen molar-refractivity contribution < 1.29 is 18.0 Å². The summed E-state index contributed by atoms with van der Waals surface area (Å²) in [6, 6.07) is 4.17. The zero-order valence-electron chi connectivity index (χ0n) is 9.48. The number of nitrogens with zero attached hydrogens (tertiary/aromatic N) is 2. The highest BCUT2D eigenvalue weighted by molar-refractivity contribution is 6.31. The van der Waals surface area contributed by atoms with Crippen LogP contribution in [0.4, 0.5) is 18.9 Å². The Hall–Kier alpha value is -2.58. The molecule has 102 valence electrons. The molecule has 0 radical (unpaired) electrons. The number of hydrogen-bond donors (Lipinski definition) is 3. The Morgan fingerprint density at radius 1 is 1.32 bits per heavy atom. The number of benzene rings is 1. The molecule has 0 aliphatic carbocycles. The standard InChI is InChI=1S/C10H10F3N5O/c11-10(12,13)6-2-1-3-7(4-6)17-8(19)5-16-18-9(14)15/h1-5H,(H,17,19)(H4,14,15,18). The van der Waals surface area contributed by atoms with E-state index in [1.165, 1.54) is 12.1 Å². The van der Waals surface area contributed by atoms with Crippen molar-refractivity contribution in [1.82, 2.24) is 0 Å². The minimum absolute atomic E-state index is 0.0176. The van der Waals surface area contributed by atoms with E-state index in [0.29, 0.717) is 0 Å². The van der Waals surface area contributed by atoms with Gasteiger partial charge in [0.2, 0.25) is 5.96 Å². The van der Waals surface area contributed by atoms with Crippen LogP contribution in [-0.2, 0) is 11.0 Å². The van der Waals surface area contributed by atoms with Crippen LogP contribution in [0.1, 0.15) is 5.56 Å². The molecule has 0 bridgehead atoms. The first-order valence-corrected chi connectivity index (χ1v) is 4.89. The van der Waals surface area contributed by atoms with E-state index in [1.807, 2.05) is 0 Å². The monoisotopic (exact) mass is 273 g/mol. The number of nitrogens with one attached hydrogen (secondary N) is 1. The zero-order valence-corrected chi connectivity index (χ0v) is 9.48. The Morgan fingerprint density at radius 2 is 2.00 bits per heavy atom. The van der Waals surface area contributed by atoms with Crippen LogP contribution >= 0.6 is 0 Å². The number of carbonyl (C=O) groups is 1. The highest BCUT2D eigenvalue weighted by Gasteiger charge is 2.30. The molecule has 0 aliphatic heterocycles. The van der Waals surface area contributed by atoms with Gasteiger partial charge in [0.05, 0.1) is 5.56 Å². The average Bonchev–Trinajstić information content (AvgIpc) is 2.27. The summed E-state index contributed by atoms with van der Waals surface area (Å²) in [5.74, 6) is -1.10. The summed E-state index contributed by atoms with van der Waals surface area (Å²) in [5.41, 5.74) is 9.03. The number of carbonyl (C=O) groups excluding carboxylic acids is 1. The van der Waals surface area contributed by atoms with Crippen molar-refractivity contribution in [2.45, 2.75) is 6.18 Å². The van der Waals surface area contributed by atoms with Crippen molar-refractivity contribution in [3.05, 3.63) is 29.8 Å². The summed E-state index contributed by atoms with van der Waals surface area (Å²) in [5, 5.41) is 8.57. The van der Waals surface area contributed by atoms with Gasteiger partial charge in [-0.15, -0.1) is 10.2 Å². The van der Waals surface area contributed by atoms with E-state index in [-0.39, 0.29) is 11.6 Å². The maximum absolute atomic E-state index is 12.4. The number of rotatable bonds is 3. The molecule has 5 N–H and O–H groups in total. The second kappa shape index (κ2) is 5.85. The normalized spacial score (nSPS) is 11.3. The van der Waals surface area contributed by atoms with Crippen LogP contribution in [0.5, 0.6) is 0 Å². The van der Waals surface area contributed by atoms with Crippen LogP contribution in [0, 0.1) is 0 Å². The fraction of sp³-hybridized carbons (Fsp3) is 0.100. The lowest BCUT2D eigenvalue weighted by molar-refractivity contribution is -0.137. The Labute approximate surface area is 106 Å². The molecular weight excluding hydrogens is 263 g/mol. The maximum atomic E-state index is 12.4. The molecule has 0 unspecified atom stereocenters. The summed E-state index contributed by atoms with van der Waals surface area (Å²) >= 11 is 0. The first kappa shape index (κ1) is 14.5. The predicted molar refractivity (Wildman–Crippen MR) is 64.4 cm³/mol. The second-order valence-electron chi connectivity index (χ2n) is 3.34. The Morgan fingerprint density at radius 3 is 2.58 bits per heavy atom. The molecule has 0 aliphatic rings. The molecule has 19 heavy (non-hydrogen) atoms. The molecule has 0 aromatic heterocycles. The highest BCUT2D eigenvalue weighted by Crippen LogP contribution is 2.30. The van der Waals surface area contributed by atoms with Crippen molar-refractivity contribution in [2.24, 2.45) is 21.7 Å². The Balaban J connectivity index is 2.75. The molecule has 1 amide bonds. The summed E-state index contributed by atoms with van der Waals surface area (Å²) in [7, 11) is 0. The van der Waals surface area contributed by atoms with E-state index in [2.05, 4.69) is 15.5 Å². The number of hydrogen-bond acceptors (Lipinski definition) is 3. The SMILES string of the molecule is NC(N)=NN=CC(=O)Nc1cccc(C(F)(F)F)c1.